The van der Waals surface area contributed by atoms with Crippen LogP contribution in [0.25, 0.3) is 0 Å². The number of anilines is 1. The van der Waals surface area contributed by atoms with Crippen LogP contribution in [0.1, 0.15) is 25.0 Å². The molecule has 2 atom stereocenters. The summed E-state index contributed by atoms with van der Waals surface area (Å²) in [5, 5.41) is 12.4. The lowest BCUT2D eigenvalue weighted by atomic mass is 9.86. The second-order valence-electron chi connectivity index (χ2n) is 6.94. The minimum absolute atomic E-state index is 0.131. The third-order valence-electron chi connectivity index (χ3n) is 5.08. The largest absolute Gasteiger partial charge is 0.481 e. The van der Waals surface area contributed by atoms with E-state index in [0.29, 0.717) is 44.5 Å². The van der Waals surface area contributed by atoms with Crippen molar-refractivity contribution in [3.63, 3.8) is 0 Å². The molecule has 7 nitrogen and oxygen atoms in total. The average molecular weight is 347 g/mol. The first-order valence-corrected chi connectivity index (χ1v) is 8.81. The third-order valence-corrected chi connectivity index (χ3v) is 5.08. The molecule has 0 spiro atoms. The molecule has 0 unspecified atom stereocenters. The molecule has 136 valence electrons. The van der Waals surface area contributed by atoms with Gasteiger partial charge in [-0.2, -0.15) is 0 Å². The zero-order valence-electron chi connectivity index (χ0n) is 14.5. The van der Waals surface area contributed by atoms with Gasteiger partial charge in [-0.15, -0.1) is 0 Å². The number of likely N-dealkylation sites (tertiary alicyclic amines) is 1. The normalized spacial score (nSPS) is 25.5. The number of carboxylic acid groups (broad SMARTS) is 1. The van der Waals surface area contributed by atoms with Crippen molar-refractivity contribution < 1.29 is 19.4 Å². The predicted molar refractivity (Wildman–Crippen MR) is 92.3 cm³/mol. The van der Waals surface area contributed by atoms with Gasteiger partial charge in [0.2, 0.25) is 5.91 Å². The van der Waals surface area contributed by atoms with Crippen molar-refractivity contribution in [1.29, 1.82) is 0 Å². The van der Waals surface area contributed by atoms with E-state index in [0.717, 1.165) is 18.5 Å². The molecule has 0 aromatic carbocycles. The molecule has 7 heteroatoms. The highest BCUT2D eigenvalue weighted by Gasteiger charge is 2.38. The number of amides is 1. The summed E-state index contributed by atoms with van der Waals surface area (Å²) in [7, 11) is 0. The van der Waals surface area contributed by atoms with Gasteiger partial charge in [-0.1, -0.05) is 0 Å². The van der Waals surface area contributed by atoms with E-state index in [1.54, 1.807) is 6.20 Å². The number of piperidine rings is 1. The predicted octanol–water partition coefficient (Wildman–Crippen LogP) is 1.53. The van der Waals surface area contributed by atoms with Crippen LogP contribution in [0, 0.1) is 18.8 Å². The molecular formula is C18H25N3O4. The molecule has 2 saturated heterocycles. The van der Waals surface area contributed by atoms with Crippen molar-refractivity contribution in [3.8, 4) is 0 Å². The second-order valence-corrected chi connectivity index (χ2v) is 6.94. The number of aliphatic carboxylic acids is 1. The number of ether oxygens (including phenoxy) is 1. The number of carboxylic acids is 1. The van der Waals surface area contributed by atoms with E-state index in [2.05, 4.69) is 15.2 Å². The Kier molecular flexibility index (Phi) is 5.65. The summed E-state index contributed by atoms with van der Waals surface area (Å²) in [5.74, 6) is -1.80. The van der Waals surface area contributed by atoms with Crippen LogP contribution < -0.4 is 5.32 Å². The van der Waals surface area contributed by atoms with Gasteiger partial charge in [0, 0.05) is 38.0 Å². The van der Waals surface area contributed by atoms with Gasteiger partial charge in [-0.25, -0.2) is 0 Å². The van der Waals surface area contributed by atoms with Crippen LogP contribution in [0.5, 0.6) is 0 Å². The highest BCUT2D eigenvalue weighted by atomic mass is 16.5. The quantitative estimate of drug-likeness (QED) is 0.858. The molecule has 2 fully saturated rings. The Hall–Kier alpha value is -1.99. The molecule has 25 heavy (non-hydrogen) atoms. The molecular weight excluding hydrogens is 322 g/mol. The summed E-state index contributed by atoms with van der Waals surface area (Å²) in [4.78, 5) is 30.6. The highest BCUT2D eigenvalue weighted by Crippen LogP contribution is 2.28. The number of nitrogens with one attached hydrogen (secondary N) is 1. The molecule has 1 aromatic heterocycles. The minimum atomic E-state index is -0.827. The van der Waals surface area contributed by atoms with Crippen molar-refractivity contribution in [3.05, 3.63) is 24.0 Å². The lowest BCUT2D eigenvalue weighted by Gasteiger charge is -2.41. The molecule has 0 bridgehead atoms. The van der Waals surface area contributed by atoms with Crippen LogP contribution in [-0.2, 0) is 14.3 Å². The van der Waals surface area contributed by atoms with Crippen molar-refractivity contribution in [2.24, 2.45) is 11.8 Å². The molecule has 0 aliphatic carbocycles. The minimum Gasteiger partial charge on any atom is -0.481 e. The molecule has 0 saturated carbocycles. The highest BCUT2D eigenvalue weighted by molar-refractivity contribution is 5.93. The number of carbonyl (C=O) groups is 2. The van der Waals surface area contributed by atoms with Gasteiger partial charge in [0.1, 0.15) is 0 Å². The number of pyridine rings is 1. The Balaban J connectivity index is 1.68. The Morgan fingerprint density at radius 1 is 1.24 bits per heavy atom. The number of hydrogen-bond acceptors (Lipinski definition) is 5. The van der Waals surface area contributed by atoms with Gasteiger partial charge >= 0.3 is 5.97 Å². The molecule has 1 aromatic rings. The number of carbonyl (C=O) groups excluding carboxylic acids is 1. The van der Waals surface area contributed by atoms with E-state index in [9.17, 15) is 14.7 Å². The van der Waals surface area contributed by atoms with Crippen LogP contribution in [0.4, 0.5) is 5.69 Å². The Bertz CT molecular complexity index is 613. The van der Waals surface area contributed by atoms with Crippen LogP contribution in [-0.4, -0.2) is 59.2 Å². The number of hydrogen-bond donors (Lipinski definition) is 2. The molecule has 3 heterocycles. The zero-order valence-corrected chi connectivity index (χ0v) is 14.5. The Morgan fingerprint density at radius 3 is 2.60 bits per heavy atom. The molecule has 1 amide bonds. The van der Waals surface area contributed by atoms with E-state index < -0.39 is 11.9 Å². The molecule has 0 radical (unpaired) electrons. The first-order valence-electron chi connectivity index (χ1n) is 8.81. The molecule has 2 N–H and O–H groups in total. The second kappa shape index (κ2) is 7.93. The first-order chi connectivity index (χ1) is 12.0. The fourth-order valence-corrected chi connectivity index (χ4v) is 3.64. The number of aromatic nitrogens is 1. The molecule has 2 aliphatic rings. The maximum atomic E-state index is 12.7. The summed E-state index contributed by atoms with van der Waals surface area (Å²) in [6.07, 6.45) is 3.78. The van der Waals surface area contributed by atoms with Crippen LogP contribution >= 0.6 is 0 Å². The summed E-state index contributed by atoms with van der Waals surface area (Å²) >= 11 is 0. The van der Waals surface area contributed by atoms with Crippen molar-refractivity contribution in [2.75, 3.05) is 31.6 Å². The average Bonchev–Trinajstić information content (AvgIpc) is 2.64. The maximum absolute atomic E-state index is 12.7. The van der Waals surface area contributed by atoms with Crippen LogP contribution in [0.3, 0.4) is 0 Å². The zero-order chi connectivity index (χ0) is 17.8. The van der Waals surface area contributed by atoms with E-state index >= 15 is 0 Å². The summed E-state index contributed by atoms with van der Waals surface area (Å²) < 4.78 is 5.40. The number of rotatable bonds is 4. The Labute approximate surface area is 147 Å². The Morgan fingerprint density at radius 2 is 1.96 bits per heavy atom. The SMILES string of the molecule is Cc1ccc(NC(=O)[C@H]2C[C@H](C(=O)O)CN(C3CCOCC3)C2)cn1. The standard InChI is InChI=1S/C18H25N3O4/c1-12-2-3-15(9-19-12)20-17(22)13-8-14(18(23)24)11-21(10-13)16-4-6-25-7-5-16/h2-3,9,13-14,16H,4-8,10-11H2,1H3,(H,20,22)(H,23,24)/t13-,14-/m0/s1. The lowest BCUT2D eigenvalue weighted by molar-refractivity contribution is -0.146. The lowest BCUT2D eigenvalue weighted by Crippen LogP contribution is -2.52. The van der Waals surface area contributed by atoms with Crippen LogP contribution in [0.15, 0.2) is 18.3 Å². The fraction of sp³-hybridized carbons (Fsp3) is 0.611. The molecule has 3 rings (SSSR count). The van der Waals surface area contributed by atoms with Gasteiger partial charge < -0.3 is 15.2 Å². The van der Waals surface area contributed by atoms with E-state index in [4.69, 9.17) is 4.74 Å². The first kappa shape index (κ1) is 17.8. The topological polar surface area (TPSA) is 91.8 Å². The van der Waals surface area contributed by atoms with Crippen molar-refractivity contribution in [1.82, 2.24) is 9.88 Å². The third kappa shape index (κ3) is 4.55. The van der Waals surface area contributed by atoms with Gasteiger partial charge in [0.15, 0.2) is 0 Å². The van der Waals surface area contributed by atoms with Crippen molar-refractivity contribution >= 4 is 17.6 Å². The van der Waals surface area contributed by atoms with E-state index in [-0.39, 0.29) is 11.8 Å². The summed E-state index contributed by atoms with van der Waals surface area (Å²) in [6.45, 7) is 4.39. The van der Waals surface area contributed by atoms with Gasteiger partial charge in [-0.05, 0) is 38.3 Å². The smallest absolute Gasteiger partial charge is 0.307 e. The monoisotopic (exact) mass is 347 g/mol. The van der Waals surface area contributed by atoms with Gasteiger partial charge in [-0.3, -0.25) is 19.5 Å². The summed E-state index contributed by atoms with van der Waals surface area (Å²) in [6, 6.07) is 3.95. The fourth-order valence-electron chi connectivity index (χ4n) is 3.64. The maximum Gasteiger partial charge on any atom is 0.307 e. The molecule has 2 aliphatic heterocycles. The summed E-state index contributed by atoms with van der Waals surface area (Å²) in [5.41, 5.74) is 1.53. The van der Waals surface area contributed by atoms with E-state index in [1.807, 2.05) is 19.1 Å². The van der Waals surface area contributed by atoms with Gasteiger partial charge in [0.05, 0.1) is 23.7 Å². The van der Waals surface area contributed by atoms with Gasteiger partial charge in [0.25, 0.3) is 0 Å². The van der Waals surface area contributed by atoms with Crippen molar-refractivity contribution in [2.45, 2.75) is 32.2 Å². The van der Waals surface area contributed by atoms with E-state index in [1.165, 1.54) is 0 Å². The van der Waals surface area contributed by atoms with Crippen LogP contribution in [0.2, 0.25) is 0 Å². The number of aryl methyl sites for hydroxylation is 1. The number of nitrogens with zero attached hydrogens (tertiary/aromatic N) is 2.